The van der Waals surface area contributed by atoms with E-state index in [4.69, 9.17) is 0 Å². The van der Waals surface area contributed by atoms with Gasteiger partial charge in [-0.3, -0.25) is 4.79 Å². The molecule has 0 unspecified atom stereocenters. The maximum atomic E-state index is 13.8. The highest BCUT2D eigenvalue weighted by molar-refractivity contribution is 7.88. The van der Waals surface area contributed by atoms with E-state index in [1.807, 2.05) is 33.8 Å². The van der Waals surface area contributed by atoms with Gasteiger partial charge in [0.25, 0.3) is 0 Å². The van der Waals surface area contributed by atoms with Gasteiger partial charge in [0.15, 0.2) is 10.3 Å². The third-order valence-corrected chi connectivity index (χ3v) is 7.41. The summed E-state index contributed by atoms with van der Waals surface area (Å²) in [4.78, 5) is 13.8. The van der Waals surface area contributed by atoms with Gasteiger partial charge in [0.05, 0.1) is 12.1 Å². The smallest absolute Gasteiger partial charge is 0.244 e. The van der Waals surface area contributed by atoms with Crippen LogP contribution < -0.4 is 4.31 Å². The number of benzene rings is 2. The lowest BCUT2D eigenvalue weighted by Crippen LogP contribution is -2.39. The molecule has 0 aliphatic rings. The molecule has 0 saturated heterocycles. The van der Waals surface area contributed by atoms with Crippen molar-refractivity contribution in [2.24, 2.45) is 0 Å². The Bertz CT molecular complexity index is 1110. The maximum absolute atomic E-state index is 13.8. The third kappa shape index (κ3) is 6.53. The molecule has 0 bridgehead atoms. The average molecular weight is 501 g/mol. The molecular formula is C29H42NO4S-. The van der Waals surface area contributed by atoms with E-state index in [9.17, 15) is 17.8 Å². The largest absolute Gasteiger partial charge is 0.730 e. The number of para-hydroxylation sites is 1. The van der Waals surface area contributed by atoms with Gasteiger partial charge in [0.1, 0.15) is 0 Å². The van der Waals surface area contributed by atoms with Gasteiger partial charge in [-0.15, -0.1) is 0 Å². The van der Waals surface area contributed by atoms with E-state index in [0.29, 0.717) is 21.4 Å². The van der Waals surface area contributed by atoms with Crippen molar-refractivity contribution < 1.29 is 17.8 Å². The molecule has 2 aromatic carbocycles. The van der Waals surface area contributed by atoms with E-state index in [-0.39, 0.29) is 35.8 Å². The standard InChI is InChI=1S/C29H43NO4S/c1-17(2)22-14-25(20(7)8)27(26(15-22)21(9)10)16-28(31)30(35(32,33)34)29-23(18(3)4)12-11-13-24(29)19(5)6/h11-15,17-21H,16H2,1-10H3,(H,32,33,34)/p-1. The molecule has 0 saturated carbocycles. The van der Waals surface area contributed by atoms with E-state index in [2.05, 4.69) is 53.7 Å². The van der Waals surface area contributed by atoms with E-state index < -0.39 is 16.2 Å². The van der Waals surface area contributed by atoms with Crippen molar-refractivity contribution in [3.05, 3.63) is 63.7 Å². The molecule has 0 heterocycles. The summed E-state index contributed by atoms with van der Waals surface area (Å²) in [6.07, 6.45) is -0.148. The molecular weight excluding hydrogens is 458 g/mol. The van der Waals surface area contributed by atoms with E-state index in [1.165, 1.54) is 5.56 Å². The number of rotatable bonds is 9. The number of anilines is 1. The monoisotopic (exact) mass is 500 g/mol. The lowest BCUT2D eigenvalue weighted by Gasteiger charge is -2.32. The summed E-state index contributed by atoms with van der Waals surface area (Å²) < 4.78 is 38.5. The Morgan fingerprint density at radius 3 is 1.46 bits per heavy atom. The molecule has 5 nitrogen and oxygen atoms in total. The number of nitrogens with zero attached hydrogens (tertiary/aromatic N) is 1. The first-order valence-electron chi connectivity index (χ1n) is 12.7. The molecule has 6 heteroatoms. The van der Waals surface area contributed by atoms with E-state index in [0.717, 1.165) is 16.7 Å². The van der Waals surface area contributed by atoms with Gasteiger partial charge in [0, 0.05) is 0 Å². The summed E-state index contributed by atoms with van der Waals surface area (Å²) in [6, 6.07) is 9.71. The molecule has 0 atom stereocenters. The number of carbonyl (C=O) groups is 1. The van der Waals surface area contributed by atoms with E-state index in [1.54, 1.807) is 12.1 Å². The Labute approximate surface area is 212 Å². The zero-order chi connectivity index (χ0) is 26.8. The van der Waals surface area contributed by atoms with Gasteiger partial charge in [0.2, 0.25) is 5.91 Å². The molecule has 0 aliphatic carbocycles. The Kier molecular flexibility index (Phi) is 9.34. The quantitative estimate of drug-likeness (QED) is 0.337. The molecule has 0 aliphatic heterocycles. The Morgan fingerprint density at radius 1 is 0.743 bits per heavy atom. The first-order chi connectivity index (χ1) is 16.1. The van der Waals surface area contributed by atoms with Crippen molar-refractivity contribution in [1.82, 2.24) is 0 Å². The Hall–Kier alpha value is -2.18. The van der Waals surface area contributed by atoms with Crippen LogP contribution in [0.2, 0.25) is 0 Å². The highest BCUT2D eigenvalue weighted by Gasteiger charge is 2.30. The van der Waals surface area contributed by atoms with Crippen LogP contribution in [-0.2, 0) is 21.5 Å². The number of hydrogen-bond acceptors (Lipinski definition) is 4. The normalized spacial score (nSPS) is 12.5. The van der Waals surface area contributed by atoms with Gasteiger partial charge in [-0.05, 0) is 63.0 Å². The molecule has 0 spiro atoms. The van der Waals surface area contributed by atoms with Crippen LogP contribution in [0.15, 0.2) is 30.3 Å². The van der Waals surface area contributed by atoms with Gasteiger partial charge in [-0.2, -0.15) is 0 Å². The van der Waals surface area contributed by atoms with Crippen LogP contribution in [0.4, 0.5) is 5.69 Å². The van der Waals surface area contributed by atoms with E-state index >= 15 is 0 Å². The van der Waals surface area contributed by atoms with Crippen molar-refractivity contribution in [3.63, 3.8) is 0 Å². The highest BCUT2D eigenvalue weighted by Crippen LogP contribution is 2.38. The van der Waals surface area contributed by atoms with Crippen LogP contribution in [-0.4, -0.2) is 18.9 Å². The minimum Gasteiger partial charge on any atom is -0.730 e. The van der Waals surface area contributed by atoms with Crippen molar-refractivity contribution in [2.45, 2.75) is 105 Å². The predicted octanol–water partition coefficient (Wildman–Crippen LogP) is 7.34. The highest BCUT2D eigenvalue weighted by atomic mass is 32.2. The molecule has 0 aromatic heterocycles. The maximum Gasteiger partial charge on any atom is 0.244 e. The van der Waals surface area contributed by atoms with Crippen LogP contribution in [0.5, 0.6) is 0 Å². The van der Waals surface area contributed by atoms with Crippen molar-refractivity contribution in [3.8, 4) is 0 Å². The summed E-state index contributed by atoms with van der Waals surface area (Å²) in [5, 5.41) is 0. The summed E-state index contributed by atoms with van der Waals surface area (Å²) in [5.41, 5.74) is 5.63. The second kappa shape index (κ2) is 11.3. The fraction of sp³-hybridized carbons (Fsp3) is 0.552. The first kappa shape index (κ1) is 29.1. The Balaban J connectivity index is 2.80. The fourth-order valence-corrected chi connectivity index (χ4v) is 5.39. The minimum atomic E-state index is -5.10. The lowest BCUT2D eigenvalue weighted by atomic mass is 9.83. The molecule has 35 heavy (non-hydrogen) atoms. The minimum absolute atomic E-state index is 0.0662. The number of amides is 1. The topological polar surface area (TPSA) is 77.5 Å². The second-order valence-electron chi connectivity index (χ2n) is 11.0. The van der Waals surface area contributed by atoms with Crippen LogP contribution in [0, 0.1) is 0 Å². The molecule has 194 valence electrons. The molecule has 0 N–H and O–H groups in total. The van der Waals surface area contributed by atoms with Gasteiger partial charge in [-0.25, -0.2) is 12.7 Å². The zero-order valence-corrected chi connectivity index (χ0v) is 23.8. The molecule has 1 amide bonds. The van der Waals surface area contributed by atoms with Crippen LogP contribution in [0.1, 0.15) is 132 Å². The summed E-state index contributed by atoms with van der Waals surface area (Å²) >= 11 is 0. The Morgan fingerprint density at radius 2 is 1.14 bits per heavy atom. The SMILES string of the molecule is CC(C)c1cc(C(C)C)c(CC(=O)N(c2c(C(C)C)cccc2C(C)C)S(=O)(=O)[O-])c(C(C)C)c1. The van der Waals surface area contributed by atoms with Crippen LogP contribution in [0.3, 0.4) is 0 Å². The number of carbonyl (C=O) groups excluding carboxylic acids is 1. The first-order valence-corrected chi connectivity index (χ1v) is 14.0. The third-order valence-electron chi connectivity index (χ3n) is 6.58. The summed E-state index contributed by atoms with van der Waals surface area (Å²) in [7, 11) is -5.10. The zero-order valence-electron chi connectivity index (χ0n) is 23.0. The summed E-state index contributed by atoms with van der Waals surface area (Å²) in [5.74, 6) is -0.246. The van der Waals surface area contributed by atoms with Gasteiger partial charge in [-0.1, -0.05) is 99.6 Å². The van der Waals surface area contributed by atoms with Crippen molar-refractivity contribution in [1.29, 1.82) is 0 Å². The molecule has 0 fully saturated rings. The van der Waals surface area contributed by atoms with Crippen molar-refractivity contribution in [2.75, 3.05) is 4.31 Å². The number of hydrogen-bond donors (Lipinski definition) is 0. The molecule has 2 aromatic rings. The van der Waals surface area contributed by atoms with Crippen LogP contribution >= 0.6 is 0 Å². The predicted molar refractivity (Wildman–Crippen MR) is 144 cm³/mol. The van der Waals surface area contributed by atoms with Gasteiger partial charge >= 0.3 is 0 Å². The van der Waals surface area contributed by atoms with Crippen LogP contribution in [0.25, 0.3) is 0 Å². The van der Waals surface area contributed by atoms with Gasteiger partial charge < -0.3 is 4.55 Å². The fourth-order valence-electron chi connectivity index (χ4n) is 4.64. The average Bonchev–Trinajstić information content (AvgIpc) is 2.71. The van der Waals surface area contributed by atoms with Crippen molar-refractivity contribution >= 4 is 21.9 Å². The molecule has 2 rings (SSSR count). The lowest BCUT2D eigenvalue weighted by molar-refractivity contribution is -0.116. The summed E-state index contributed by atoms with van der Waals surface area (Å²) in [6.45, 7) is 20.3. The molecule has 0 radical (unpaired) electrons. The second-order valence-corrected chi connectivity index (χ2v) is 12.2.